The van der Waals surface area contributed by atoms with Gasteiger partial charge in [-0.1, -0.05) is 48.5 Å². The highest BCUT2D eigenvalue weighted by Crippen LogP contribution is 2.27. The van der Waals surface area contributed by atoms with Crippen LogP contribution in [0, 0.1) is 0 Å². The summed E-state index contributed by atoms with van der Waals surface area (Å²) >= 11 is 0. The lowest BCUT2D eigenvalue weighted by Gasteiger charge is -2.12. The Morgan fingerprint density at radius 3 is 2.25 bits per heavy atom. The molecular formula is C21H17N3O3S. The lowest BCUT2D eigenvalue weighted by molar-refractivity contribution is 0.607. The van der Waals surface area contributed by atoms with Crippen molar-refractivity contribution in [3.05, 3.63) is 89.2 Å². The minimum absolute atomic E-state index is 0.212. The second kappa shape index (κ2) is 6.94. The van der Waals surface area contributed by atoms with Crippen LogP contribution in [0.3, 0.4) is 0 Å². The Hall–Kier alpha value is -3.45. The number of hydrogen-bond donors (Lipinski definition) is 1. The third kappa shape index (κ3) is 3.52. The molecule has 4 rings (SSSR count). The third-order valence-corrected chi connectivity index (χ3v) is 4.85. The van der Waals surface area contributed by atoms with Gasteiger partial charge in [0, 0.05) is 16.6 Å². The van der Waals surface area contributed by atoms with Gasteiger partial charge in [-0.15, -0.1) is 0 Å². The Bertz CT molecular complexity index is 1330. The topological polar surface area (TPSA) is 81.1 Å². The molecule has 0 spiro atoms. The van der Waals surface area contributed by atoms with Crippen LogP contribution in [-0.2, 0) is 10.0 Å². The molecule has 0 radical (unpaired) electrons. The van der Waals surface area contributed by atoms with E-state index in [0.717, 1.165) is 6.26 Å². The third-order valence-electron chi connectivity index (χ3n) is 4.24. The smallest absolute Gasteiger partial charge is 0.279 e. The number of fused-ring (bicyclic) bond motifs is 1. The van der Waals surface area contributed by atoms with Gasteiger partial charge < -0.3 is 0 Å². The van der Waals surface area contributed by atoms with E-state index in [2.05, 4.69) is 9.82 Å². The normalized spacial score (nSPS) is 11.5. The number of aromatic nitrogens is 2. The highest BCUT2D eigenvalue weighted by molar-refractivity contribution is 7.92. The first kappa shape index (κ1) is 17.9. The van der Waals surface area contributed by atoms with E-state index in [9.17, 15) is 13.2 Å². The average Bonchev–Trinajstić information content (AvgIpc) is 2.68. The second-order valence-electron chi connectivity index (χ2n) is 6.40. The van der Waals surface area contributed by atoms with Crippen LogP contribution < -0.4 is 10.3 Å². The van der Waals surface area contributed by atoms with E-state index in [1.807, 2.05) is 54.6 Å². The molecule has 1 heterocycles. The summed E-state index contributed by atoms with van der Waals surface area (Å²) in [6.07, 6.45) is 1.10. The van der Waals surface area contributed by atoms with E-state index in [1.165, 1.54) is 4.68 Å². The summed E-state index contributed by atoms with van der Waals surface area (Å²) in [7, 11) is -3.40. The minimum Gasteiger partial charge on any atom is -0.284 e. The Balaban J connectivity index is 1.99. The molecule has 4 aromatic rings. The largest absolute Gasteiger partial charge is 0.284 e. The van der Waals surface area contributed by atoms with Gasteiger partial charge in [-0.2, -0.15) is 9.78 Å². The summed E-state index contributed by atoms with van der Waals surface area (Å²) in [6.45, 7) is 0. The summed E-state index contributed by atoms with van der Waals surface area (Å²) in [6, 6.07) is 23.4. The summed E-state index contributed by atoms with van der Waals surface area (Å²) in [4.78, 5) is 13.0. The van der Waals surface area contributed by atoms with Crippen LogP contribution in [0.5, 0.6) is 0 Å². The average molecular weight is 391 g/mol. The molecule has 0 saturated heterocycles. The number of sulfonamides is 1. The first-order chi connectivity index (χ1) is 13.4. The Kier molecular flexibility index (Phi) is 4.44. The van der Waals surface area contributed by atoms with Crippen molar-refractivity contribution < 1.29 is 8.42 Å². The van der Waals surface area contributed by atoms with Crippen molar-refractivity contribution in [2.75, 3.05) is 11.0 Å². The molecule has 0 amide bonds. The maximum Gasteiger partial charge on any atom is 0.279 e. The van der Waals surface area contributed by atoms with Crippen molar-refractivity contribution in [1.29, 1.82) is 0 Å². The molecule has 0 atom stereocenters. The predicted octanol–water partition coefficient (Wildman–Crippen LogP) is 3.42. The van der Waals surface area contributed by atoms with Gasteiger partial charge >= 0.3 is 0 Å². The van der Waals surface area contributed by atoms with Crippen molar-refractivity contribution in [3.63, 3.8) is 0 Å². The van der Waals surface area contributed by atoms with Crippen LogP contribution in [-0.4, -0.2) is 24.5 Å². The number of para-hydroxylation sites is 1. The van der Waals surface area contributed by atoms with Crippen LogP contribution in [0.25, 0.3) is 27.7 Å². The molecule has 28 heavy (non-hydrogen) atoms. The zero-order chi connectivity index (χ0) is 19.7. The molecule has 0 bridgehead atoms. The molecular weight excluding hydrogens is 374 g/mol. The fourth-order valence-electron chi connectivity index (χ4n) is 3.09. The van der Waals surface area contributed by atoms with Crippen molar-refractivity contribution in [1.82, 2.24) is 9.78 Å². The number of nitrogens with zero attached hydrogens (tertiary/aromatic N) is 2. The lowest BCUT2D eigenvalue weighted by Crippen LogP contribution is -2.22. The zero-order valence-electron chi connectivity index (χ0n) is 15.0. The Morgan fingerprint density at radius 1 is 0.857 bits per heavy atom. The highest BCUT2D eigenvalue weighted by Gasteiger charge is 2.14. The fraction of sp³-hybridized carbons (Fsp3) is 0.0476. The summed E-state index contributed by atoms with van der Waals surface area (Å²) in [5.41, 5.74) is 2.18. The molecule has 0 unspecified atom stereocenters. The molecule has 0 aliphatic rings. The quantitative estimate of drug-likeness (QED) is 0.578. The van der Waals surface area contributed by atoms with Crippen LogP contribution in [0.2, 0.25) is 0 Å². The van der Waals surface area contributed by atoms with E-state index < -0.39 is 10.0 Å². The first-order valence-corrected chi connectivity index (χ1v) is 10.5. The number of hydrogen-bond acceptors (Lipinski definition) is 4. The molecule has 7 heteroatoms. The number of rotatable bonds is 4. The van der Waals surface area contributed by atoms with Gasteiger partial charge in [0.1, 0.15) is 0 Å². The predicted molar refractivity (Wildman–Crippen MR) is 111 cm³/mol. The van der Waals surface area contributed by atoms with E-state index in [1.54, 1.807) is 24.3 Å². The minimum atomic E-state index is -3.40. The van der Waals surface area contributed by atoms with Crippen molar-refractivity contribution in [2.24, 2.45) is 0 Å². The first-order valence-electron chi connectivity index (χ1n) is 8.58. The number of benzene rings is 3. The van der Waals surface area contributed by atoms with E-state index in [-0.39, 0.29) is 5.56 Å². The van der Waals surface area contributed by atoms with Crippen LogP contribution in [0.1, 0.15) is 0 Å². The molecule has 6 nitrogen and oxygen atoms in total. The maximum atomic E-state index is 13.0. The molecule has 0 saturated carbocycles. The van der Waals surface area contributed by atoms with Gasteiger partial charge in [-0.05, 0) is 30.3 Å². The second-order valence-corrected chi connectivity index (χ2v) is 8.15. The molecule has 140 valence electrons. The number of nitrogens with one attached hydrogen (secondary N) is 1. The molecule has 0 aliphatic heterocycles. The molecule has 3 aromatic carbocycles. The molecule has 0 fully saturated rings. The van der Waals surface area contributed by atoms with Crippen LogP contribution >= 0.6 is 0 Å². The van der Waals surface area contributed by atoms with Gasteiger partial charge in [0.25, 0.3) is 5.56 Å². The molecule has 1 aromatic heterocycles. The highest BCUT2D eigenvalue weighted by atomic mass is 32.2. The molecule has 0 aliphatic carbocycles. The van der Waals surface area contributed by atoms with Crippen LogP contribution in [0.15, 0.2) is 83.7 Å². The van der Waals surface area contributed by atoms with E-state index >= 15 is 0 Å². The van der Waals surface area contributed by atoms with E-state index in [0.29, 0.717) is 33.4 Å². The Labute approximate surface area is 162 Å². The van der Waals surface area contributed by atoms with Gasteiger partial charge in [-0.25, -0.2) is 8.42 Å². The molecule has 1 N–H and O–H groups in total. The fourth-order valence-corrected chi connectivity index (χ4v) is 3.65. The summed E-state index contributed by atoms with van der Waals surface area (Å²) < 4.78 is 27.0. The standard InChI is InChI=1S/C21H17N3O3S/c1-28(26,27)23-16-9-7-8-15(14-16)20-18-12-5-6-13-19(18)21(25)24(22-20)17-10-3-2-4-11-17/h2-14,23H,1H3. The SMILES string of the molecule is CS(=O)(=O)Nc1cccc(-c2nn(-c3ccccc3)c(=O)c3ccccc23)c1. The van der Waals surface area contributed by atoms with Gasteiger partial charge in [-0.3, -0.25) is 9.52 Å². The van der Waals surface area contributed by atoms with Gasteiger partial charge in [0.2, 0.25) is 10.0 Å². The number of anilines is 1. The van der Waals surface area contributed by atoms with Crippen molar-refractivity contribution >= 4 is 26.5 Å². The Morgan fingerprint density at radius 2 is 1.54 bits per heavy atom. The lowest BCUT2D eigenvalue weighted by atomic mass is 10.0. The summed E-state index contributed by atoms with van der Waals surface area (Å²) in [5, 5.41) is 5.85. The zero-order valence-corrected chi connectivity index (χ0v) is 15.8. The maximum absolute atomic E-state index is 13.0. The monoisotopic (exact) mass is 391 g/mol. The van der Waals surface area contributed by atoms with Crippen molar-refractivity contribution in [3.8, 4) is 16.9 Å². The van der Waals surface area contributed by atoms with Crippen molar-refractivity contribution in [2.45, 2.75) is 0 Å². The van der Waals surface area contributed by atoms with E-state index in [4.69, 9.17) is 0 Å². The van der Waals surface area contributed by atoms with Gasteiger partial charge in [0.15, 0.2) is 0 Å². The van der Waals surface area contributed by atoms with Crippen LogP contribution in [0.4, 0.5) is 5.69 Å². The summed E-state index contributed by atoms with van der Waals surface area (Å²) in [5.74, 6) is 0. The van der Waals surface area contributed by atoms with Gasteiger partial charge in [0.05, 0.1) is 23.0 Å².